The number of carbonyl (C=O) groups excluding carboxylic acids is 1. The topological polar surface area (TPSA) is 46.3 Å². The average molecular weight is 394 g/mol. The zero-order chi connectivity index (χ0) is 14.3. The number of hydrogen-bond acceptors (Lipinski definition) is 2. The molecular formula is C15H19BrCl2N2O. The van der Waals surface area contributed by atoms with Crippen molar-refractivity contribution in [1.82, 2.24) is 4.90 Å². The van der Waals surface area contributed by atoms with E-state index in [1.165, 1.54) is 12.8 Å². The highest BCUT2D eigenvalue weighted by molar-refractivity contribution is 9.10. The number of benzene rings is 1. The molecule has 2 aliphatic rings. The maximum atomic E-state index is 12.6. The fourth-order valence-electron chi connectivity index (χ4n) is 3.49. The summed E-state index contributed by atoms with van der Waals surface area (Å²) in [7, 11) is 0. The van der Waals surface area contributed by atoms with Crippen LogP contribution in [0.3, 0.4) is 0 Å². The molecule has 6 heteroatoms. The average Bonchev–Trinajstić information content (AvgIpc) is 2.86. The normalized spacial score (nSPS) is 28.0. The number of nitrogens with two attached hydrogens (primary N) is 1. The summed E-state index contributed by atoms with van der Waals surface area (Å²) in [5.74, 6) is 1.14. The number of nitrogens with zero attached hydrogens (tertiary/aromatic N) is 1. The third-order valence-electron chi connectivity index (χ3n) is 4.61. The maximum Gasteiger partial charge on any atom is 0.253 e. The maximum absolute atomic E-state index is 12.6. The Morgan fingerprint density at radius 1 is 1.33 bits per heavy atom. The number of carbonyl (C=O) groups is 1. The van der Waals surface area contributed by atoms with E-state index >= 15 is 0 Å². The van der Waals surface area contributed by atoms with Gasteiger partial charge in [0.25, 0.3) is 5.91 Å². The van der Waals surface area contributed by atoms with Crippen molar-refractivity contribution in [1.29, 1.82) is 0 Å². The fraction of sp³-hybridized carbons (Fsp3) is 0.533. The Balaban J connectivity index is 0.00000161. The summed E-state index contributed by atoms with van der Waals surface area (Å²) in [6.07, 6.45) is 3.49. The minimum atomic E-state index is 0. The van der Waals surface area contributed by atoms with Gasteiger partial charge >= 0.3 is 0 Å². The number of amides is 1. The van der Waals surface area contributed by atoms with E-state index in [0.717, 1.165) is 24.0 Å². The van der Waals surface area contributed by atoms with Crippen molar-refractivity contribution in [2.45, 2.75) is 25.3 Å². The lowest BCUT2D eigenvalue weighted by atomic mass is 9.78. The van der Waals surface area contributed by atoms with E-state index in [-0.39, 0.29) is 24.4 Å². The van der Waals surface area contributed by atoms with Crippen molar-refractivity contribution in [2.75, 3.05) is 13.1 Å². The van der Waals surface area contributed by atoms with Gasteiger partial charge in [0.2, 0.25) is 0 Å². The van der Waals surface area contributed by atoms with Crippen molar-refractivity contribution < 1.29 is 4.79 Å². The van der Waals surface area contributed by atoms with Gasteiger partial charge in [-0.2, -0.15) is 0 Å². The van der Waals surface area contributed by atoms with Crippen LogP contribution in [-0.4, -0.2) is 29.9 Å². The van der Waals surface area contributed by atoms with Gasteiger partial charge in [0.05, 0.1) is 5.02 Å². The van der Waals surface area contributed by atoms with Crippen LogP contribution in [0.4, 0.5) is 0 Å². The smallest absolute Gasteiger partial charge is 0.253 e. The highest BCUT2D eigenvalue weighted by Crippen LogP contribution is 2.36. The first kappa shape index (κ1) is 17.1. The van der Waals surface area contributed by atoms with Crippen LogP contribution in [0.25, 0.3) is 0 Å². The standard InChI is InChI=1S/C15H18BrClN2O.ClH/c16-12-6-9(4-5-13(12)17)15(20)19-7-10-2-1-3-14(18)11(10)8-19;/h4-6,10-11,14H,1-3,7-8,18H2;1H. The van der Waals surface area contributed by atoms with Gasteiger partial charge in [-0.05, 0) is 58.8 Å². The SMILES string of the molecule is Cl.NC1CCCC2CN(C(=O)c3ccc(Cl)c(Br)c3)CC12. The Bertz CT molecular complexity index is 540. The van der Waals surface area contributed by atoms with E-state index in [1.54, 1.807) is 18.2 Å². The fourth-order valence-corrected chi connectivity index (χ4v) is 3.99. The van der Waals surface area contributed by atoms with Crippen LogP contribution in [0.15, 0.2) is 22.7 Å². The second kappa shape index (κ2) is 6.86. The van der Waals surface area contributed by atoms with Crippen LogP contribution >= 0.6 is 39.9 Å². The molecule has 3 atom stereocenters. The molecule has 2 fully saturated rings. The van der Waals surface area contributed by atoms with Gasteiger partial charge in [-0.1, -0.05) is 18.0 Å². The molecule has 1 aromatic carbocycles. The highest BCUT2D eigenvalue weighted by Gasteiger charge is 2.40. The number of halogens is 3. The molecule has 0 bridgehead atoms. The molecule has 0 radical (unpaired) electrons. The molecule has 1 saturated heterocycles. The van der Waals surface area contributed by atoms with Crippen LogP contribution in [0.2, 0.25) is 5.02 Å². The van der Waals surface area contributed by atoms with Crippen LogP contribution in [0, 0.1) is 11.8 Å². The molecule has 1 aliphatic heterocycles. The van der Waals surface area contributed by atoms with Gasteiger partial charge in [0.1, 0.15) is 0 Å². The van der Waals surface area contributed by atoms with Crippen LogP contribution in [-0.2, 0) is 0 Å². The Morgan fingerprint density at radius 3 is 2.76 bits per heavy atom. The van der Waals surface area contributed by atoms with Crippen LogP contribution in [0.5, 0.6) is 0 Å². The lowest BCUT2D eigenvalue weighted by molar-refractivity contribution is 0.0783. The first-order chi connectivity index (χ1) is 9.56. The molecule has 2 N–H and O–H groups in total. The number of hydrogen-bond donors (Lipinski definition) is 1. The molecule has 1 saturated carbocycles. The molecule has 0 aromatic heterocycles. The van der Waals surface area contributed by atoms with E-state index in [4.69, 9.17) is 17.3 Å². The van der Waals surface area contributed by atoms with Crippen molar-refractivity contribution in [3.8, 4) is 0 Å². The number of likely N-dealkylation sites (tertiary alicyclic amines) is 1. The third kappa shape index (κ3) is 3.39. The minimum absolute atomic E-state index is 0. The molecule has 3 rings (SSSR count). The third-order valence-corrected chi connectivity index (χ3v) is 5.82. The summed E-state index contributed by atoms with van der Waals surface area (Å²) in [5, 5.41) is 0.624. The van der Waals surface area contributed by atoms with E-state index in [2.05, 4.69) is 15.9 Å². The monoisotopic (exact) mass is 392 g/mol. The van der Waals surface area contributed by atoms with E-state index in [1.807, 2.05) is 4.90 Å². The Labute approximate surface area is 144 Å². The van der Waals surface area contributed by atoms with Gasteiger partial charge in [-0.15, -0.1) is 12.4 Å². The molecule has 1 aliphatic carbocycles. The quantitative estimate of drug-likeness (QED) is 0.790. The van der Waals surface area contributed by atoms with E-state index < -0.39 is 0 Å². The molecule has 1 aromatic rings. The summed E-state index contributed by atoms with van der Waals surface area (Å²) < 4.78 is 0.762. The lowest BCUT2D eigenvalue weighted by Crippen LogP contribution is -2.38. The molecule has 1 amide bonds. The van der Waals surface area contributed by atoms with Gasteiger partial charge in [-0.3, -0.25) is 4.79 Å². The van der Waals surface area contributed by atoms with Gasteiger partial charge in [-0.25, -0.2) is 0 Å². The second-order valence-electron chi connectivity index (χ2n) is 5.86. The molecule has 116 valence electrons. The molecule has 3 nitrogen and oxygen atoms in total. The summed E-state index contributed by atoms with van der Waals surface area (Å²) >= 11 is 9.35. The minimum Gasteiger partial charge on any atom is -0.338 e. The Kier molecular flexibility index (Phi) is 5.58. The van der Waals surface area contributed by atoms with Gasteiger partial charge in [0, 0.05) is 29.2 Å². The van der Waals surface area contributed by atoms with E-state index in [9.17, 15) is 4.79 Å². The predicted molar refractivity (Wildman–Crippen MR) is 91.1 cm³/mol. The zero-order valence-corrected chi connectivity index (χ0v) is 14.8. The van der Waals surface area contributed by atoms with Gasteiger partial charge in [0.15, 0.2) is 0 Å². The first-order valence-electron chi connectivity index (χ1n) is 7.06. The number of rotatable bonds is 1. The molecule has 21 heavy (non-hydrogen) atoms. The molecule has 3 unspecified atom stereocenters. The second-order valence-corrected chi connectivity index (χ2v) is 7.12. The number of fused-ring (bicyclic) bond motifs is 1. The largest absolute Gasteiger partial charge is 0.338 e. The van der Waals surface area contributed by atoms with Crippen molar-refractivity contribution >= 4 is 45.8 Å². The Morgan fingerprint density at radius 2 is 2.10 bits per heavy atom. The summed E-state index contributed by atoms with van der Waals surface area (Å²) in [4.78, 5) is 14.5. The van der Waals surface area contributed by atoms with Crippen molar-refractivity contribution in [2.24, 2.45) is 17.6 Å². The molecular weight excluding hydrogens is 375 g/mol. The van der Waals surface area contributed by atoms with Crippen LogP contribution < -0.4 is 5.73 Å². The van der Waals surface area contributed by atoms with Gasteiger partial charge < -0.3 is 10.6 Å². The summed E-state index contributed by atoms with van der Waals surface area (Å²) in [6, 6.07) is 5.60. The highest BCUT2D eigenvalue weighted by atomic mass is 79.9. The van der Waals surface area contributed by atoms with E-state index in [0.29, 0.717) is 22.4 Å². The lowest BCUT2D eigenvalue weighted by Gasteiger charge is -2.29. The molecule has 0 spiro atoms. The zero-order valence-electron chi connectivity index (χ0n) is 11.6. The van der Waals surface area contributed by atoms with Crippen molar-refractivity contribution in [3.05, 3.63) is 33.3 Å². The van der Waals surface area contributed by atoms with Crippen molar-refractivity contribution in [3.63, 3.8) is 0 Å². The molecule has 1 heterocycles. The summed E-state index contributed by atoms with van der Waals surface area (Å²) in [5.41, 5.74) is 6.89. The van der Waals surface area contributed by atoms with Crippen LogP contribution in [0.1, 0.15) is 29.6 Å². The predicted octanol–water partition coefficient (Wildman–Crippen LogP) is 3.72. The first-order valence-corrected chi connectivity index (χ1v) is 8.23. The summed E-state index contributed by atoms with van der Waals surface area (Å²) in [6.45, 7) is 1.64. The Hall–Kier alpha value is -0.290.